The fourth-order valence-corrected chi connectivity index (χ4v) is 4.00. The molecule has 1 aromatic carbocycles. The lowest BCUT2D eigenvalue weighted by Crippen LogP contribution is -2.52. The summed E-state index contributed by atoms with van der Waals surface area (Å²) in [6.45, 7) is 2.76. The molecule has 3 rings (SSSR count). The zero-order valence-electron chi connectivity index (χ0n) is 13.7. The van der Waals surface area contributed by atoms with Crippen LogP contribution >= 0.6 is 11.6 Å². The molecule has 1 amide bonds. The van der Waals surface area contributed by atoms with E-state index in [4.69, 9.17) is 11.6 Å². The summed E-state index contributed by atoms with van der Waals surface area (Å²) in [4.78, 5) is 28.3. The quantitative estimate of drug-likeness (QED) is 0.910. The molecule has 1 aliphatic heterocycles. The van der Waals surface area contributed by atoms with Crippen molar-refractivity contribution < 1.29 is 14.7 Å². The van der Waals surface area contributed by atoms with E-state index in [1.54, 1.807) is 0 Å². The van der Waals surface area contributed by atoms with E-state index in [0.29, 0.717) is 31.0 Å². The molecule has 1 aromatic rings. The lowest BCUT2D eigenvalue weighted by Gasteiger charge is -2.39. The molecule has 5 nitrogen and oxygen atoms in total. The minimum atomic E-state index is -0.828. The second-order valence-electron chi connectivity index (χ2n) is 6.63. The van der Waals surface area contributed by atoms with Gasteiger partial charge in [-0.15, -0.1) is 0 Å². The van der Waals surface area contributed by atoms with Crippen LogP contribution in [0.5, 0.6) is 0 Å². The Morgan fingerprint density at radius 2 is 1.71 bits per heavy atom. The molecule has 130 valence electrons. The molecule has 0 bridgehead atoms. The molecule has 2 fully saturated rings. The smallest absolute Gasteiger partial charge is 0.307 e. The summed E-state index contributed by atoms with van der Waals surface area (Å²) >= 11 is 6.04. The Labute approximate surface area is 147 Å². The summed E-state index contributed by atoms with van der Waals surface area (Å²) in [6.07, 6.45) is 3.17. The van der Waals surface area contributed by atoms with Crippen LogP contribution < -0.4 is 4.90 Å². The number of anilines is 1. The van der Waals surface area contributed by atoms with E-state index in [1.807, 2.05) is 29.2 Å². The molecule has 0 aromatic heterocycles. The first-order valence-corrected chi connectivity index (χ1v) is 8.96. The molecule has 1 saturated heterocycles. The van der Waals surface area contributed by atoms with Gasteiger partial charge in [0, 0.05) is 36.9 Å². The average molecular weight is 351 g/mol. The summed E-state index contributed by atoms with van der Waals surface area (Å²) in [5.41, 5.74) is 1.07. The predicted molar refractivity (Wildman–Crippen MR) is 93.3 cm³/mol. The Morgan fingerprint density at radius 1 is 1.04 bits per heavy atom. The second kappa shape index (κ2) is 7.43. The first-order chi connectivity index (χ1) is 11.6. The lowest BCUT2D eigenvalue weighted by molar-refractivity contribution is -0.152. The number of halogens is 1. The van der Waals surface area contributed by atoms with Crippen LogP contribution in [-0.4, -0.2) is 48.1 Å². The SMILES string of the molecule is O=C(O)C1CCCCC1C(=O)N1CCN(c2cccc(Cl)c2)CC1. The highest BCUT2D eigenvalue weighted by molar-refractivity contribution is 6.30. The Morgan fingerprint density at radius 3 is 2.33 bits per heavy atom. The van der Waals surface area contributed by atoms with Crippen LogP contribution in [0.15, 0.2) is 24.3 Å². The first-order valence-electron chi connectivity index (χ1n) is 8.58. The van der Waals surface area contributed by atoms with Crippen molar-refractivity contribution in [1.82, 2.24) is 4.90 Å². The maximum Gasteiger partial charge on any atom is 0.307 e. The van der Waals surface area contributed by atoms with E-state index in [9.17, 15) is 14.7 Å². The number of nitrogens with zero attached hydrogens (tertiary/aromatic N) is 2. The zero-order chi connectivity index (χ0) is 17.1. The van der Waals surface area contributed by atoms with Gasteiger partial charge in [-0.05, 0) is 31.0 Å². The van der Waals surface area contributed by atoms with Gasteiger partial charge in [-0.3, -0.25) is 9.59 Å². The van der Waals surface area contributed by atoms with Gasteiger partial charge in [0.25, 0.3) is 0 Å². The van der Waals surface area contributed by atoms with Crippen molar-refractivity contribution in [2.24, 2.45) is 11.8 Å². The highest BCUT2D eigenvalue weighted by Crippen LogP contribution is 2.32. The number of carboxylic acids is 1. The van der Waals surface area contributed by atoms with E-state index >= 15 is 0 Å². The molecule has 0 radical (unpaired) electrons. The standard InChI is InChI=1S/C18H23ClN2O3/c19-13-4-3-5-14(12-13)20-8-10-21(11-9-20)17(22)15-6-1-2-7-16(15)18(23)24/h3-5,12,15-16H,1-2,6-11H2,(H,23,24). The largest absolute Gasteiger partial charge is 0.481 e. The first kappa shape index (κ1) is 17.1. The van der Waals surface area contributed by atoms with E-state index < -0.39 is 11.9 Å². The number of carbonyl (C=O) groups is 2. The van der Waals surface area contributed by atoms with Gasteiger partial charge in [0.05, 0.1) is 11.8 Å². The predicted octanol–water partition coefficient (Wildman–Crippen LogP) is 2.88. The molecule has 6 heteroatoms. The average Bonchev–Trinajstić information content (AvgIpc) is 2.61. The minimum absolute atomic E-state index is 0.0212. The van der Waals surface area contributed by atoms with E-state index in [1.165, 1.54) is 0 Å². The van der Waals surface area contributed by atoms with Crippen molar-refractivity contribution in [3.8, 4) is 0 Å². The van der Waals surface area contributed by atoms with Crippen LogP contribution in [0.4, 0.5) is 5.69 Å². The van der Waals surface area contributed by atoms with Crippen LogP contribution in [0.3, 0.4) is 0 Å². The Hall–Kier alpha value is -1.75. The highest BCUT2D eigenvalue weighted by atomic mass is 35.5. The van der Waals surface area contributed by atoms with Crippen LogP contribution in [0, 0.1) is 11.8 Å². The molecular weight excluding hydrogens is 328 g/mol. The summed E-state index contributed by atoms with van der Waals surface area (Å²) in [5, 5.41) is 10.1. The minimum Gasteiger partial charge on any atom is -0.481 e. The zero-order valence-corrected chi connectivity index (χ0v) is 14.4. The number of piperazine rings is 1. The van der Waals surface area contributed by atoms with Crippen molar-refractivity contribution >= 4 is 29.2 Å². The van der Waals surface area contributed by atoms with Crippen molar-refractivity contribution in [2.75, 3.05) is 31.1 Å². The third-order valence-corrected chi connectivity index (χ3v) is 5.40. The van der Waals surface area contributed by atoms with Crippen LogP contribution in [0.25, 0.3) is 0 Å². The van der Waals surface area contributed by atoms with Gasteiger partial charge < -0.3 is 14.9 Å². The number of hydrogen-bond acceptors (Lipinski definition) is 3. The lowest BCUT2D eigenvalue weighted by atomic mass is 9.78. The molecule has 1 aliphatic carbocycles. The summed E-state index contributed by atoms with van der Waals surface area (Å²) < 4.78 is 0. The fourth-order valence-electron chi connectivity index (χ4n) is 3.81. The fraction of sp³-hybridized carbons (Fsp3) is 0.556. The molecule has 0 spiro atoms. The Bertz CT molecular complexity index is 614. The van der Waals surface area contributed by atoms with Crippen molar-refractivity contribution in [1.29, 1.82) is 0 Å². The maximum atomic E-state index is 12.8. The molecule has 2 atom stereocenters. The number of amides is 1. The normalized spacial score (nSPS) is 24.7. The number of carboxylic acid groups (broad SMARTS) is 1. The van der Waals surface area contributed by atoms with Gasteiger partial charge in [-0.2, -0.15) is 0 Å². The number of aliphatic carboxylic acids is 1. The third kappa shape index (κ3) is 3.66. The van der Waals surface area contributed by atoms with Crippen LogP contribution in [0.2, 0.25) is 5.02 Å². The van der Waals surface area contributed by atoms with Gasteiger partial charge in [0.15, 0.2) is 0 Å². The number of benzene rings is 1. The summed E-state index contributed by atoms with van der Waals surface area (Å²) in [7, 11) is 0. The van der Waals surface area contributed by atoms with Gasteiger partial charge in [0.2, 0.25) is 5.91 Å². The Kier molecular flexibility index (Phi) is 5.29. The third-order valence-electron chi connectivity index (χ3n) is 5.17. The van der Waals surface area contributed by atoms with E-state index in [2.05, 4.69) is 4.90 Å². The van der Waals surface area contributed by atoms with Gasteiger partial charge in [-0.1, -0.05) is 30.5 Å². The summed E-state index contributed by atoms with van der Waals surface area (Å²) in [5.74, 6) is -1.68. The summed E-state index contributed by atoms with van der Waals surface area (Å²) in [6, 6.07) is 7.72. The number of rotatable bonds is 3. The van der Waals surface area contributed by atoms with Crippen LogP contribution in [-0.2, 0) is 9.59 Å². The molecule has 1 heterocycles. The highest BCUT2D eigenvalue weighted by Gasteiger charge is 2.38. The van der Waals surface area contributed by atoms with Crippen molar-refractivity contribution in [3.63, 3.8) is 0 Å². The molecule has 1 saturated carbocycles. The molecule has 2 aliphatic rings. The topological polar surface area (TPSA) is 60.9 Å². The van der Waals surface area contributed by atoms with Gasteiger partial charge >= 0.3 is 5.97 Å². The molecular formula is C18H23ClN2O3. The number of hydrogen-bond donors (Lipinski definition) is 1. The van der Waals surface area contributed by atoms with Gasteiger partial charge in [0.1, 0.15) is 0 Å². The van der Waals surface area contributed by atoms with Crippen molar-refractivity contribution in [3.05, 3.63) is 29.3 Å². The monoisotopic (exact) mass is 350 g/mol. The molecule has 1 N–H and O–H groups in total. The number of carbonyl (C=O) groups excluding carboxylic acids is 1. The van der Waals surface area contributed by atoms with Gasteiger partial charge in [-0.25, -0.2) is 0 Å². The van der Waals surface area contributed by atoms with E-state index in [0.717, 1.165) is 31.6 Å². The Balaban J connectivity index is 1.61. The molecule has 2 unspecified atom stereocenters. The maximum absolute atomic E-state index is 12.8. The molecule has 24 heavy (non-hydrogen) atoms. The van der Waals surface area contributed by atoms with Crippen molar-refractivity contribution in [2.45, 2.75) is 25.7 Å². The second-order valence-corrected chi connectivity index (χ2v) is 7.06. The van der Waals surface area contributed by atoms with E-state index in [-0.39, 0.29) is 11.8 Å². The van der Waals surface area contributed by atoms with Crippen LogP contribution in [0.1, 0.15) is 25.7 Å².